The van der Waals surface area contributed by atoms with Crippen LogP contribution in [0.25, 0.3) is 0 Å². The lowest BCUT2D eigenvalue weighted by molar-refractivity contribution is -0.123. The standard InChI is InChI=1S/C20H26N2O2/c1-13-5-6-14(2)18(9-13)24-12-19(23)22-21-11-15-7-8-16-10-17(15)20(16,3)4/h5-7,9,11,16-17H,8,10,12H2,1-4H3,(H,22,23)/b21-11+/t16-,17+/m0/s1. The Morgan fingerprint density at radius 3 is 2.92 bits per heavy atom. The number of hydrogen-bond acceptors (Lipinski definition) is 3. The number of amides is 1. The Bertz CT molecular complexity index is 704. The summed E-state index contributed by atoms with van der Waals surface area (Å²) in [6, 6.07) is 5.95. The highest BCUT2D eigenvalue weighted by Gasteiger charge is 2.50. The van der Waals surface area contributed by atoms with Crippen LogP contribution in [0.15, 0.2) is 34.9 Å². The topological polar surface area (TPSA) is 50.7 Å². The third-order valence-corrected chi connectivity index (χ3v) is 5.62. The smallest absolute Gasteiger partial charge is 0.277 e. The Balaban J connectivity index is 1.49. The molecule has 3 aliphatic carbocycles. The molecule has 0 aliphatic heterocycles. The molecule has 1 amide bonds. The van der Waals surface area contributed by atoms with Gasteiger partial charge in [0.05, 0.1) is 6.21 Å². The molecule has 0 heterocycles. The molecule has 1 N–H and O–H groups in total. The van der Waals surface area contributed by atoms with Gasteiger partial charge in [-0.25, -0.2) is 5.43 Å². The zero-order chi connectivity index (χ0) is 17.3. The van der Waals surface area contributed by atoms with Crippen LogP contribution in [-0.4, -0.2) is 18.7 Å². The van der Waals surface area contributed by atoms with Crippen LogP contribution in [0, 0.1) is 31.1 Å². The number of benzene rings is 1. The lowest BCUT2D eigenvalue weighted by Crippen LogP contribution is -2.48. The first-order chi connectivity index (χ1) is 11.4. The fourth-order valence-electron chi connectivity index (χ4n) is 3.76. The number of hydrazone groups is 1. The van der Waals surface area contributed by atoms with Gasteiger partial charge in [0.25, 0.3) is 5.91 Å². The van der Waals surface area contributed by atoms with Gasteiger partial charge in [0.2, 0.25) is 0 Å². The molecule has 1 aromatic rings. The van der Waals surface area contributed by atoms with Crippen LogP contribution in [0.5, 0.6) is 5.75 Å². The molecule has 1 saturated carbocycles. The highest BCUT2D eigenvalue weighted by molar-refractivity contribution is 5.83. The number of aryl methyl sites for hydroxylation is 2. The van der Waals surface area contributed by atoms with E-state index >= 15 is 0 Å². The molecule has 2 bridgehead atoms. The molecule has 128 valence electrons. The SMILES string of the molecule is Cc1ccc(C)c(OCC(=O)N/N=C/C2=CC[C@H]3C[C@H]2C3(C)C)c1. The van der Waals surface area contributed by atoms with Crippen molar-refractivity contribution in [3.8, 4) is 5.75 Å². The van der Waals surface area contributed by atoms with Crippen molar-refractivity contribution in [3.05, 3.63) is 41.0 Å². The quantitative estimate of drug-likeness (QED) is 0.661. The second kappa shape index (κ2) is 6.42. The molecule has 1 aromatic carbocycles. The molecule has 3 aliphatic rings. The molecule has 0 saturated heterocycles. The average molecular weight is 326 g/mol. The lowest BCUT2D eigenvalue weighted by Gasteiger charge is -2.55. The highest BCUT2D eigenvalue weighted by atomic mass is 16.5. The summed E-state index contributed by atoms with van der Waals surface area (Å²) in [5.41, 5.74) is 6.31. The van der Waals surface area contributed by atoms with Crippen molar-refractivity contribution in [1.29, 1.82) is 0 Å². The number of carbonyl (C=O) groups is 1. The summed E-state index contributed by atoms with van der Waals surface area (Å²) in [6.07, 6.45) is 6.42. The van der Waals surface area contributed by atoms with Crippen LogP contribution < -0.4 is 10.2 Å². The Labute approximate surface area is 144 Å². The van der Waals surface area contributed by atoms with Gasteiger partial charge in [0.15, 0.2) is 6.61 Å². The van der Waals surface area contributed by atoms with Gasteiger partial charge in [0, 0.05) is 0 Å². The second-order valence-electron chi connectivity index (χ2n) is 7.60. The van der Waals surface area contributed by atoms with Gasteiger partial charge >= 0.3 is 0 Å². The van der Waals surface area contributed by atoms with Gasteiger partial charge in [-0.1, -0.05) is 32.1 Å². The molecule has 4 rings (SSSR count). The zero-order valence-electron chi connectivity index (χ0n) is 14.9. The van der Waals surface area contributed by atoms with E-state index < -0.39 is 0 Å². The van der Waals surface area contributed by atoms with Gasteiger partial charge in [0.1, 0.15) is 5.75 Å². The van der Waals surface area contributed by atoms with Crippen molar-refractivity contribution in [3.63, 3.8) is 0 Å². The predicted molar refractivity (Wildman–Crippen MR) is 96.1 cm³/mol. The van der Waals surface area contributed by atoms with Crippen LogP contribution in [0.4, 0.5) is 0 Å². The molecular formula is C20H26N2O2. The fraction of sp³-hybridized carbons (Fsp3) is 0.500. The van der Waals surface area contributed by atoms with E-state index in [2.05, 4.69) is 30.5 Å². The molecule has 0 radical (unpaired) electrons. The number of ether oxygens (including phenoxy) is 1. The number of allylic oxidation sites excluding steroid dienone is 2. The molecule has 24 heavy (non-hydrogen) atoms. The summed E-state index contributed by atoms with van der Waals surface area (Å²) in [6.45, 7) is 8.58. The van der Waals surface area contributed by atoms with Crippen molar-refractivity contribution < 1.29 is 9.53 Å². The van der Waals surface area contributed by atoms with E-state index in [9.17, 15) is 4.79 Å². The minimum atomic E-state index is -0.241. The van der Waals surface area contributed by atoms with Crippen LogP contribution in [0.3, 0.4) is 0 Å². The van der Waals surface area contributed by atoms with Crippen molar-refractivity contribution in [2.45, 2.75) is 40.5 Å². The molecule has 1 fully saturated rings. The first-order valence-electron chi connectivity index (χ1n) is 8.60. The van der Waals surface area contributed by atoms with Crippen molar-refractivity contribution in [2.75, 3.05) is 6.61 Å². The van der Waals surface area contributed by atoms with E-state index in [1.807, 2.05) is 32.0 Å². The van der Waals surface area contributed by atoms with E-state index in [0.29, 0.717) is 11.3 Å². The van der Waals surface area contributed by atoms with Crippen molar-refractivity contribution in [2.24, 2.45) is 22.4 Å². The van der Waals surface area contributed by atoms with E-state index in [1.54, 1.807) is 6.21 Å². The fourth-order valence-corrected chi connectivity index (χ4v) is 3.76. The van der Waals surface area contributed by atoms with Crippen LogP contribution >= 0.6 is 0 Å². The summed E-state index contributed by atoms with van der Waals surface area (Å²) < 4.78 is 5.58. The molecule has 0 spiro atoms. The summed E-state index contributed by atoms with van der Waals surface area (Å²) in [4.78, 5) is 11.9. The van der Waals surface area contributed by atoms with Crippen molar-refractivity contribution in [1.82, 2.24) is 5.43 Å². The van der Waals surface area contributed by atoms with Gasteiger partial charge < -0.3 is 4.74 Å². The maximum atomic E-state index is 11.9. The average Bonchev–Trinajstić information content (AvgIpc) is 2.55. The number of rotatable bonds is 5. The van der Waals surface area contributed by atoms with E-state index in [0.717, 1.165) is 29.2 Å². The van der Waals surface area contributed by atoms with Gasteiger partial charge in [-0.05, 0) is 66.7 Å². The first-order valence-corrected chi connectivity index (χ1v) is 8.60. The van der Waals surface area contributed by atoms with E-state index in [1.165, 1.54) is 12.0 Å². The van der Waals surface area contributed by atoms with Crippen LogP contribution in [0.2, 0.25) is 0 Å². The Kier molecular flexibility index (Phi) is 4.48. The molecule has 4 heteroatoms. The zero-order valence-corrected chi connectivity index (χ0v) is 14.9. The maximum absolute atomic E-state index is 11.9. The van der Waals surface area contributed by atoms with E-state index in [4.69, 9.17) is 4.74 Å². The second-order valence-corrected chi connectivity index (χ2v) is 7.60. The third kappa shape index (κ3) is 3.23. The van der Waals surface area contributed by atoms with Crippen LogP contribution in [-0.2, 0) is 4.79 Å². The normalized spacial score (nSPS) is 24.2. The third-order valence-electron chi connectivity index (χ3n) is 5.62. The molecule has 0 aromatic heterocycles. The minimum absolute atomic E-state index is 0.0301. The summed E-state index contributed by atoms with van der Waals surface area (Å²) in [5, 5.41) is 4.11. The molecule has 4 nitrogen and oxygen atoms in total. The van der Waals surface area contributed by atoms with Crippen LogP contribution in [0.1, 0.15) is 37.8 Å². The monoisotopic (exact) mass is 326 g/mol. The van der Waals surface area contributed by atoms with Gasteiger partial charge in [-0.3, -0.25) is 4.79 Å². The number of nitrogens with zero attached hydrogens (tertiary/aromatic N) is 1. The number of nitrogens with one attached hydrogen (secondary N) is 1. The lowest BCUT2D eigenvalue weighted by atomic mass is 9.49. The molecule has 0 unspecified atom stereocenters. The largest absolute Gasteiger partial charge is 0.483 e. The Morgan fingerprint density at radius 2 is 2.21 bits per heavy atom. The summed E-state index contributed by atoms with van der Waals surface area (Å²) >= 11 is 0. The Morgan fingerprint density at radius 1 is 1.42 bits per heavy atom. The first kappa shape index (κ1) is 16.7. The summed E-state index contributed by atoms with van der Waals surface area (Å²) in [5.74, 6) is 1.88. The highest BCUT2D eigenvalue weighted by Crippen LogP contribution is 2.58. The van der Waals surface area contributed by atoms with Gasteiger partial charge in [-0.2, -0.15) is 5.10 Å². The Hall–Kier alpha value is -2.10. The maximum Gasteiger partial charge on any atom is 0.277 e. The molecular weight excluding hydrogens is 300 g/mol. The number of fused-ring (bicyclic) bond motifs is 1. The molecule has 2 atom stereocenters. The minimum Gasteiger partial charge on any atom is -0.483 e. The van der Waals surface area contributed by atoms with Crippen molar-refractivity contribution >= 4 is 12.1 Å². The summed E-state index contributed by atoms with van der Waals surface area (Å²) in [7, 11) is 0. The number of carbonyl (C=O) groups excluding carboxylic acids is 1. The van der Waals surface area contributed by atoms with Gasteiger partial charge in [-0.15, -0.1) is 0 Å². The van der Waals surface area contributed by atoms with E-state index in [-0.39, 0.29) is 12.5 Å². The predicted octanol–water partition coefficient (Wildman–Crippen LogP) is 3.78. The number of hydrogen-bond donors (Lipinski definition) is 1.